The number of ether oxygens (including phenoxy) is 1. The highest BCUT2D eigenvalue weighted by molar-refractivity contribution is 7.14. The van der Waals surface area contributed by atoms with Gasteiger partial charge in [0.25, 0.3) is 5.91 Å². The van der Waals surface area contributed by atoms with Crippen LogP contribution in [0.5, 0.6) is 0 Å². The first-order valence-electron chi connectivity index (χ1n) is 8.37. The van der Waals surface area contributed by atoms with E-state index in [9.17, 15) is 9.59 Å². The van der Waals surface area contributed by atoms with Crippen molar-refractivity contribution in [3.63, 3.8) is 0 Å². The van der Waals surface area contributed by atoms with Crippen molar-refractivity contribution >= 4 is 39.2 Å². The molecule has 2 heterocycles. The molecule has 1 aromatic carbocycles. The van der Waals surface area contributed by atoms with Crippen molar-refractivity contribution in [3.8, 4) is 0 Å². The molecule has 0 aliphatic heterocycles. The van der Waals surface area contributed by atoms with Gasteiger partial charge in [0.1, 0.15) is 0 Å². The lowest BCUT2D eigenvalue weighted by molar-refractivity contribution is 0.0520. The number of para-hydroxylation sites is 1. The van der Waals surface area contributed by atoms with Crippen LogP contribution < -0.4 is 5.32 Å². The van der Waals surface area contributed by atoms with Crippen LogP contribution in [0.4, 0.5) is 5.13 Å². The predicted molar refractivity (Wildman–Crippen MR) is 102 cm³/mol. The summed E-state index contributed by atoms with van der Waals surface area (Å²) in [5.41, 5.74) is 3.30. The third-order valence-corrected chi connectivity index (χ3v) is 4.77. The molecule has 0 spiro atoms. The fraction of sp³-hybridized carbons (Fsp3) is 0.263. The van der Waals surface area contributed by atoms with Gasteiger partial charge in [-0.3, -0.25) is 15.1 Å². The number of carbonyl (C=O) groups excluding carboxylic acids is 2. The second-order valence-corrected chi connectivity index (χ2v) is 6.50. The lowest BCUT2D eigenvalue weighted by atomic mass is 9.99. The maximum atomic E-state index is 12.9. The maximum absolute atomic E-state index is 12.9. The normalized spacial score (nSPS) is 10.7. The summed E-state index contributed by atoms with van der Waals surface area (Å²) in [6.45, 7) is 5.92. The Morgan fingerprint density at radius 2 is 1.96 bits per heavy atom. The molecule has 0 radical (unpaired) electrons. The second-order valence-electron chi connectivity index (χ2n) is 5.64. The Morgan fingerprint density at radius 3 is 2.69 bits per heavy atom. The van der Waals surface area contributed by atoms with E-state index in [1.165, 1.54) is 11.3 Å². The summed E-state index contributed by atoms with van der Waals surface area (Å²) in [4.78, 5) is 33.4. The monoisotopic (exact) mass is 369 g/mol. The Bertz CT molecular complexity index is 981. The van der Waals surface area contributed by atoms with Gasteiger partial charge in [0, 0.05) is 16.5 Å². The number of aromatic nitrogens is 2. The Balaban J connectivity index is 1.95. The standard InChI is InChI=1S/C19H19N3O3S/c1-4-13-11(3)16(12-8-6-7-9-14(12)20-13)17(23)22-19-21-15(10-26-19)18(24)25-5-2/h6-10H,4-5H2,1-3H3,(H,21,22,23). The Kier molecular flexibility index (Phi) is 5.27. The molecule has 2 aromatic heterocycles. The third-order valence-electron chi connectivity index (χ3n) is 4.01. The van der Waals surface area contributed by atoms with Gasteiger partial charge in [0.2, 0.25) is 0 Å². The topological polar surface area (TPSA) is 81.2 Å². The van der Waals surface area contributed by atoms with Crippen molar-refractivity contribution < 1.29 is 14.3 Å². The predicted octanol–water partition coefficient (Wildman–Crippen LogP) is 3.99. The molecular weight excluding hydrogens is 350 g/mol. The number of carbonyl (C=O) groups is 2. The van der Waals surface area contributed by atoms with E-state index in [0.29, 0.717) is 10.7 Å². The smallest absolute Gasteiger partial charge is 0.357 e. The SMILES string of the molecule is CCOC(=O)c1csc(NC(=O)c2c(C)c(CC)nc3ccccc23)n1. The molecule has 0 aliphatic rings. The zero-order chi connectivity index (χ0) is 18.7. The van der Waals surface area contributed by atoms with Crippen LogP contribution in [0.3, 0.4) is 0 Å². The lowest BCUT2D eigenvalue weighted by Crippen LogP contribution is -2.16. The molecule has 0 saturated carbocycles. The Hall–Kier alpha value is -2.80. The Morgan fingerprint density at radius 1 is 1.19 bits per heavy atom. The van der Waals surface area contributed by atoms with E-state index in [2.05, 4.69) is 15.3 Å². The number of anilines is 1. The molecule has 0 bridgehead atoms. The molecule has 0 unspecified atom stereocenters. The summed E-state index contributed by atoms with van der Waals surface area (Å²) in [6.07, 6.45) is 0.737. The molecule has 0 atom stereocenters. The van der Waals surface area contributed by atoms with Crippen molar-refractivity contribution in [2.75, 3.05) is 11.9 Å². The molecule has 3 aromatic rings. The molecule has 1 N–H and O–H groups in total. The zero-order valence-electron chi connectivity index (χ0n) is 14.8. The molecule has 7 heteroatoms. The number of amides is 1. The molecule has 26 heavy (non-hydrogen) atoms. The van der Waals surface area contributed by atoms with Crippen LogP contribution in [0.15, 0.2) is 29.6 Å². The van der Waals surface area contributed by atoms with E-state index in [1.54, 1.807) is 12.3 Å². The minimum atomic E-state index is -0.497. The van der Waals surface area contributed by atoms with Crippen molar-refractivity contribution in [3.05, 3.63) is 52.2 Å². The van der Waals surface area contributed by atoms with E-state index in [1.807, 2.05) is 38.1 Å². The number of esters is 1. The molecule has 0 fully saturated rings. The first-order valence-corrected chi connectivity index (χ1v) is 9.25. The summed E-state index contributed by atoms with van der Waals surface area (Å²) in [6, 6.07) is 7.56. The van der Waals surface area contributed by atoms with Gasteiger partial charge >= 0.3 is 5.97 Å². The maximum Gasteiger partial charge on any atom is 0.357 e. The molecule has 1 amide bonds. The van der Waals surface area contributed by atoms with Gasteiger partial charge in [-0.05, 0) is 31.9 Å². The van der Waals surface area contributed by atoms with Crippen LogP contribution in [0.25, 0.3) is 10.9 Å². The largest absolute Gasteiger partial charge is 0.461 e. The lowest BCUT2D eigenvalue weighted by Gasteiger charge is -2.13. The number of hydrogen-bond donors (Lipinski definition) is 1. The van der Waals surface area contributed by atoms with Crippen molar-refractivity contribution in [1.82, 2.24) is 9.97 Å². The number of pyridine rings is 1. The summed E-state index contributed by atoms with van der Waals surface area (Å²) < 4.78 is 4.92. The fourth-order valence-corrected chi connectivity index (χ4v) is 3.46. The van der Waals surface area contributed by atoms with Crippen LogP contribution in [0, 0.1) is 6.92 Å². The van der Waals surface area contributed by atoms with Crippen molar-refractivity contribution in [1.29, 1.82) is 0 Å². The number of aryl methyl sites for hydroxylation is 1. The van der Waals surface area contributed by atoms with Crippen LogP contribution in [0.1, 0.15) is 46.0 Å². The highest BCUT2D eigenvalue weighted by Crippen LogP contribution is 2.25. The summed E-state index contributed by atoms with van der Waals surface area (Å²) in [7, 11) is 0. The van der Waals surface area contributed by atoms with Gasteiger partial charge in [-0.15, -0.1) is 11.3 Å². The van der Waals surface area contributed by atoms with Gasteiger partial charge in [-0.25, -0.2) is 9.78 Å². The van der Waals surface area contributed by atoms with E-state index in [0.717, 1.165) is 28.6 Å². The molecule has 0 saturated heterocycles. The van der Waals surface area contributed by atoms with Gasteiger partial charge in [-0.1, -0.05) is 25.1 Å². The number of hydrogen-bond acceptors (Lipinski definition) is 6. The zero-order valence-corrected chi connectivity index (χ0v) is 15.6. The summed E-state index contributed by atoms with van der Waals surface area (Å²) >= 11 is 1.19. The average molecular weight is 369 g/mol. The van der Waals surface area contributed by atoms with Gasteiger partial charge < -0.3 is 4.74 Å². The molecule has 6 nitrogen and oxygen atoms in total. The van der Waals surface area contributed by atoms with Gasteiger partial charge in [-0.2, -0.15) is 0 Å². The minimum Gasteiger partial charge on any atom is -0.461 e. The van der Waals surface area contributed by atoms with Crippen LogP contribution in [-0.2, 0) is 11.2 Å². The van der Waals surface area contributed by atoms with Crippen molar-refractivity contribution in [2.45, 2.75) is 27.2 Å². The molecule has 3 rings (SSSR count). The number of thiazole rings is 1. The first-order chi connectivity index (χ1) is 12.5. The van der Waals surface area contributed by atoms with Crippen molar-refractivity contribution in [2.24, 2.45) is 0 Å². The van der Waals surface area contributed by atoms with Gasteiger partial charge in [0.05, 0.1) is 17.7 Å². The second kappa shape index (κ2) is 7.61. The van der Waals surface area contributed by atoms with E-state index in [4.69, 9.17) is 4.74 Å². The highest BCUT2D eigenvalue weighted by atomic mass is 32.1. The molecule has 0 aliphatic carbocycles. The molecule has 134 valence electrons. The quantitative estimate of drug-likeness (QED) is 0.688. The average Bonchev–Trinajstić information content (AvgIpc) is 3.09. The fourth-order valence-electron chi connectivity index (χ4n) is 2.78. The van der Waals surface area contributed by atoms with Crippen LogP contribution in [0.2, 0.25) is 0 Å². The summed E-state index contributed by atoms with van der Waals surface area (Å²) in [5, 5.41) is 5.52. The van der Waals surface area contributed by atoms with E-state index in [-0.39, 0.29) is 18.2 Å². The minimum absolute atomic E-state index is 0.192. The number of benzene rings is 1. The van der Waals surface area contributed by atoms with E-state index >= 15 is 0 Å². The van der Waals surface area contributed by atoms with E-state index < -0.39 is 5.97 Å². The third kappa shape index (κ3) is 3.43. The van der Waals surface area contributed by atoms with Crippen LogP contribution in [-0.4, -0.2) is 28.5 Å². The molecular formula is C19H19N3O3S. The van der Waals surface area contributed by atoms with Gasteiger partial charge in [0.15, 0.2) is 10.8 Å². The van der Waals surface area contributed by atoms with Crippen LogP contribution >= 0.6 is 11.3 Å². The number of nitrogens with zero attached hydrogens (tertiary/aromatic N) is 2. The number of nitrogens with one attached hydrogen (secondary N) is 1. The Labute approximate surface area is 155 Å². The summed E-state index contributed by atoms with van der Waals surface area (Å²) in [5.74, 6) is -0.761. The highest BCUT2D eigenvalue weighted by Gasteiger charge is 2.19. The first kappa shape index (κ1) is 18.0. The number of rotatable bonds is 5. The number of fused-ring (bicyclic) bond motifs is 1.